The smallest absolute Gasteiger partial charge is 0.317 e. The Balaban J connectivity index is 1.31. The first-order chi connectivity index (χ1) is 18.9. The van der Waals surface area contributed by atoms with Crippen LogP contribution in [0, 0.1) is 18.8 Å². The van der Waals surface area contributed by atoms with Crippen molar-refractivity contribution in [3.05, 3.63) is 53.1 Å². The second-order valence-corrected chi connectivity index (χ2v) is 10.9. The Hall–Kier alpha value is -3.33. The maximum Gasteiger partial charge on any atom is 0.317 e. The van der Waals surface area contributed by atoms with Crippen molar-refractivity contribution in [2.45, 2.75) is 77.2 Å². The van der Waals surface area contributed by atoms with Crippen LogP contribution in [-0.4, -0.2) is 57.3 Å². The van der Waals surface area contributed by atoms with Crippen LogP contribution in [0.4, 0.5) is 0 Å². The number of carbonyl (C=O) groups excluding carboxylic acids is 2. The lowest BCUT2D eigenvalue weighted by Crippen LogP contribution is -2.52. The molecule has 2 aliphatic rings. The van der Waals surface area contributed by atoms with Gasteiger partial charge in [0.2, 0.25) is 0 Å². The average molecular weight is 535 g/mol. The number of ketones is 1. The number of rotatable bonds is 11. The van der Waals surface area contributed by atoms with Crippen LogP contribution in [0.5, 0.6) is 5.75 Å². The van der Waals surface area contributed by atoms with Gasteiger partial charge in [-0.2, -0.15) is 4.98 Å². The number of hydrogen-bond donors (Lipinski definition) is 0. The monoisotopic (exact) mass is 534 g/mol. The summed E-state index contributed by atoms with van der Waals surface area (Å²) in [6.45, 7) is 5.08. The first-order valence-electron chi connectivity index (χ1n) is 14.1. The normalized spacial score (nSPS) is 22.0. The predicted molar refractivity (Wildman–Crippen MR) is 145 cm³/mol. The fourth-order valence-electron chi connectivity index (χ4n) is 6.06. The van der Waals surface area contributed by atoms with E-state index in [1.54, 1.807) is 17.8 Å². The second kappa shape index (κ2) is 11.8. The Morgan fingerprint density at radius 3 is 2.74 bits per heavy atom. The summed E-state index contributed by atoms with van der Waals surface area (Å²) in [5.41, 5.74) is 2.49. The lowest BCUT2D eigenvalue weighted by Gasteiger charge is -2.43. The summed E-state index contributed by atoms with van der Waals surface area (Å²) in [5.74, 6) is 0.555. The number of ether oxygens (including phenoxy) is 3. The van der Waals surface area contributed by atoms with Crippen molar-refractivity contribution in [3.63, 3.8) is 0 Å². The van der Waals surface area contributed by atoms with Crippen molar-refractivity contribution in [1.82, 2.24) is 19.6 Å². The molecule has 1 aliphatic heterocycles. The van der Waals surface area contributed by atoms with Gasteiger partial charge in [0.25, 0.3) is 5.78 Å². The molecular weight excluding hydrogens is 496 g/mol. The van der Waals surface area contributed by atoms with Crippen LogP contribution in [0.3, 0.4) is 0 Å². The zero-order valence-corrected chi connectivity index (χ0v) is 23.1. The summed E-state index contributed by atoms with van der Waals surface area (Å²) in [6, 6.07) is 6.26. The van der Waals surface area contributed by atoms with Gasteiger partial charge in [-0.1, -0.05) is 31.9 Å². The molecule has 3 heterocycles. The van der Waals surface area contributed by atoms with Crippen LogP contribution < -0.4 is 4.74 Å². The Morgan fingerprint density at radius 2 is 2.00 bits per heavy atom. The zero-order valence-electron chi connectivity index (χ0n) is 23.1. The van der Waals surface area contributed by atoms with Crippen molar-refractivity contribution in [3.8, 4) is 5.75 Å². The topological polar surface area (TPSA) is 105 Å². The van der Waals surface area contributed by atoms with Crippen LogP contribution in [0.2, 0.25) is 0 Å². The fourth-order valence-corrected chi connectivity index (χ4v) is 6.06. The third-order valence-corrected chi connectivity index (χ3v) is 8.19. The van der Waals surface area contributed by atoms with Crippen LogP contribution in [-0.2, 0) is 38.3 Å². The van der Waals surface area contributed by atoms with Crippen molar-refractivity contribution in [2.24, 2.45) is 11.8 Å². The van der Waals surface area contributed by atoms with E-state index in [9.17, 15) is 9.59 Å². The van der Waals surface area contributed by atoms with Crippen molar-refractivity contribution < 1.29 is 23.8 Å². The number of Topliss-reactive ketones (excluding diaryl/α,β-unsaturated/α-hetero) is 1. The molecule has 1 saturated heterocycles. The van der Waals surface area contributed by atoms with Crippen LogP contribution in [0.1, 0.15) is 68.0 Å². The maximum atomic E-state index is 13.5. The van der Waals surface area contributed by atoms with E-state index in [-0.39, 0.29) is 24.5 Å². The Kier molecular flexibility index (Phi) is 8.26. The molecule has 0 N–H and O–H groups in total. The molecule has 0 bridgehead atoms. The molecule has 2 atom stereocenters. The molecule has 5 rings (SSSR count). The summed E-state index contributed by atoms with van der Waals surface area (Å²) >= 11 is 0. The molecule has 208 valence electrons. The minimum atomic E-state index is -0.881. The molecule has 1 aromatic carbocycles. The highest BCUT2D eigenvalue weighted by Crippen LogP contribution is 2.45. The minimum absolute atomic E-state index is 0.0720. The van der Waals surface area contributed by atoms with E-state index in [1.807, 2.05) is 19.2 Å². The van der Waals surface area contributed by atoms with Gasteiger partial charge < -0.3 is 14.2 Å². The lowest BCUT2D eigenvalue weighted by atomic mass is 9.73. The van der Waals surface area contributed by atoms with E-state index >= 15 is 0 Å². The number of fused-ring (bicyclic) bond motifs is 1. The van der Waals surface area contributed by atoms with E-state index < -0.39 is 17.5 Å². The highest BCUT2D eigenvalue weighted by atomic mass is 16.6. The molecule has 0 spiro atoms. The molecule has 3 aromatic rings. The van der Waals surface area contributed by atoms with E-state index in [1.165, 1.54) is 0 Å². The molecular formula is C30H38N4O5. The largest absolute Gasteiger partial charge is 0.491 e. The van der Waals surface area contributed by atoms with Gasteiger partial charge in [-0.05, 0) is 67.7 Å². The van der Waals surface area contributed by atoms with E-state index in [0.717, 1.165) is 61.0 Å². The van der Waals surface area contributed by atoms with Crippen LogP contribution in [0.15, 0.2) is 30.6 Å². The maximum absolute atomic E-state index is 13.5. The highest BCUT2D eigenvalue weighted by molar-refractivity contribution is 6.01. The SMILES string of the molecule is CCc1cc(CCC2(C3CCCC3)CC(=O)C(Cc3nc4ncc(C)cn4n3)C(=O)O2)ccc1OCCOC. The van der Waals surface area contributed by atoms with Crippen molar-refractivity contribution in [1.29, 1.82) is 0 Å². The number of aryl methyl sites for hydroxylation is 3. The molecule has 2 fully saturated rings. The number of nitrogens with zero attached hydrogens (tertiary/aromatic N) is 4. The number of carbonyl (C=O) groups is 2. The van der Waals surface area contributed by atoms with Crippen molar-refractivity contribution >= 4 is 17.5 Å². The van der Waals surface area contributed by atoms with Gasteiger partial charge in [0.15, 0.2) is 11.6 Å². The summed E-state index contributed by atoms with van der Waals surface area (Å²) in [6.07, 6.45) is 10.3. The fraction of sp³-hybridized carbons (Fsp3) is 0.567. The van der Waals surface area contributed by atoms with Gasteiger partial charge in [0, 0.05) is 32.3 Å². The lowest BCUT2D eigenvalue weighted by molar-refractivity contribution is -0.185. The van der Waals surface area contributed by atoms with E-state index in [0.29, 0.717) is 31.2 Å². The third-order valence-electron chi connectivity index (χ3n) is 8.19. The molecule has 2 aromatic heterocycles. The van der Waals surface area contributed by atoms with E-state index in [2.05, 4.69) is 34.1 Å². The molecule has 2 unspecified atom stereocenters. The molecule has 9 nitrogen and oxygen atoms in total. The Labute approximate surface area is 229 Å². The average Bonchev–Trinajstić information content (AvgIpc) is 3.60. The zero-order chi connectivity index (χ0) is 27.4. The summed E-state index contributed by atoms with van der Waals surface area (Å²) < 4.78 is 18.9. The Morgan fingerprint density at radius 1 is 1.18 bits per heavy atom. The van der Waals surface area contributed by atoms with Gasteiger partial charge in [0.05, 0.1) is 6.61 Å². The molecule has 0 radical (unpaired) electrons. The number of hydrogen-bond acceptors (Lipinski definition) is 8. The summed E-state index contributed by atoms with van der Waals surface area (Å²) in [7, 11) is 1.66. The molecule has 39 heavy (non-hydrogen) atoms. The van der Waals surface area contributed by atoms with Crippen LogP contribution >= 0.6 is 0 Å². The molecule has 1 aliphatic carbocycles. The second-order valence-electron chi connectivity index (χ2n) is 10.9. The van der Waals surface area contributed by atoms with Gasteiger partial charge in [-0.3, -0.25) is 9.59 Å². The molecule has 0 amide bonds. The first-order valence-corrected chi connectivity index (χ1v) is 14.1. The van der Waals surface area contributed by atoms with Crippen molar-refractivity contribution in [2.75, 3.05) is 20.3 Å². The third kappa shape index (κ3) is 5.98. The predicted octanol–water partition coefficient (Wildman–Crippen LogP) is 4.26. The van der Waals surface area contributed by atoms with Gasteiger partial charge in [-0.15, -0.1) is 5.10 Å². The summed E-state index contributed by atoms with van der Waals surface area (Å²) in [4.78, 5) is 35.6. The van der Waals surface area contributed by atoms with Crippen LogP contribution in [0.25, 0.3) is 5.78 Å². The Bertz CT molecular complexity index is 1310. The number of benzene rings is 1. The molecule has 1 saturated carbocycles. The van der Waals surface area contributed by atoms with Gasteiger partial charge in [0.1, 0.15) is 23.9 Å². The highest BCUT2D eigenvalue weighted by Gasteiger charge is 2.51. The summed E-state index contributed by atoms with van der Waals surface area (Å²) in [5, 5.41) is 4.44. The number of aromatic nitrogens is 4. The standard InChI is InChI=1S/C30H38N4O5/c1-4-22-15-21(9-10-26(22)38-14-13-37-3)11-12-30(23-7-5-6-8-23)17-25(35)24(28(36)39-30)16-27-32-29-31-18-20(2)19-34(29)33-27/h9-10,15,18-19,23-24H,4-8,11-14,16-17H2,1-3H3. The number of esters is 1. The van der Waals surface area contributed by atoms with Gasteiger partial charge in [-0.25, -0.2) is 9.50 Å². The van der Waals surface area contributed by atoms with E-state index in [4.69, 9.17) is 14.2 Å². The number of cyclic esters (lactones) is 1. The molecule has 9 heteroatoms. The van der Waals surface area contributed by atoms with Gasteiger partial charge >= 0.3 is 5.97 Å². The quantitative estimate of drug-likeness (QED) is 0.204. The first kappa shape index (κ1) is 27.2. The number of methoxy groups -OCH3 is 1. The minimum Gasteiger partial charge on any atom is -0.491 e.